The van der Waals surface area contributed by atoms with Crippen molar-refractivity contribution in [2.45, 2.75) is 38.6 Å². The second kappa shape index (κ2) is 8.52. The van der Waals surface area contributed by atoms with Gasteiger partial charge in [0.2, 0.25) is 5.91 Å². The maximum absolute atomic E-state index is 11.3. The first-order valence-electron chi connectivity index (χ1n) is 4.89. The molecule has 0 aromatic rings. The minimum atomic E-state index is -0.00459. The second-order valence-electron chi connectivity index (χ2n) is 3.13. The molecule has 0 rings (SSSR count). The molecule has 14 heavy (non-hydrogen) atoms. The van der Waals surface area contributed by atoms with Crippen molar-refractivity contribution < 1.29 is 9.53 Å². The van der Waals surface area contributed by atoms with E-state index in [1.54, 1.807) is 7.11 Å². The average molecular weight is 198 g/mol. The Morgan fingerprint density at radius 2 is 2.36 bits per heavy atom. The van der Waals surface area contributed by atoms with Crippen molar-refractivity contribution in [2.75, 3.05) is 13.7 Å². The fourth-order valence-electron chi connectivity index (χ4n) is 1.08. The van der Waals surface area contributed by atoms with Gasteiger partial charge in [-0.05, 0) is 12.8 Å². The number of carbonyl (C=O) groups is 1. The topological polar surface area (TPSA) is 62.1 Å². The summed E-state index contributed by atoms with van der Waals surface area (Å²) in [6.45, 7) is 2.56. The third kappa shape index (κ3) is 6.44. The van der Waals surface area contributed by atoms with Gasteiger partial charge in [0.25, 0.3) is 0 Å². The van der Waals surface area contributed by atoms with E-state index in [0.717, 1.165) is 12.8 Å². The van der Waals surface area contributed by atoms with Crippen LogP contribution in [0.3, 0.4) is 0 Å². The van der Waals surface area contributed by atoms with Gasteiger partial charge < -0.3 is 10.1 Å². The van der Waals surface area contributed by atoms with E-state index in [9.17, 15) is 4.79 Å². The van der Waals surface area contributed by atoms with Crippen LogP contribution in [0.5, 0.6) is 0 Å². The first-order chi connectivity index (χ1) is 6.74. The quantitative estimate of drug-likeness (QED) is 0.626. The number of nitrogens with one attached hydrogen (secondary N) is 1. The molecule has 0 spiro atoms. The average Bonchev–Trinajstić information content (AvgIpc) is 2.17. The highest BCUT2D eigenvalue weighted by Gasteiger charge is 2.08. The number of amides is 1. The lowest BCUT2D eigenvalue weighted by Gasteiger charge is -2.13. The van der Waals surface area contributed by atoms with Gasteiger partial charge in [0.15, 0.2) is 0 Å². The van der Waals surface area contributed by atoms with E-state index in [1.165, 1.54) is 0 Å². The Labute approximate surface area is 85.2 Å². The molecule has 4 heteroatoms. The minimum absolute atomic E-state index is 0.00384. The summed E-state index contributed by atoms with van der Waals surface area (Å²) >= 11 is 0. The Hall–Kier alpha value is -1.08. The van der Waals surface area contributed by atoms with Crippen LogP contribution in [0, 0.1) is 11.3 Å². The SMILES string of the molecule is CCC(CC#N)NC(=O)CCCOC. The van der Waals surface area contributed by atoms with E-state index in [4.69, 9.17) is 10.00 Å². The summed E-state index contributed by atoms with van der Waals surface area (Å²) in [5, 5.41) is 11.3. The van der Waals surface area contributed by atoms with Gasteiger partial charge in [0.05, 0.1) is 12.5 Å². The van der Waals surface area contributed by atoms with E-state index < -0.39 is 0 Å². The molecular weight excluding hydrogens is 180 g/mol. The van der Waals surface area contributed by atoms with E-state index in [1.807, 2.05) is 6.92 Å². The van der Waals surface area contributed by atoms with Crippen LogP contribution in [0.25, 0.3) is 0 Å². The molecule has 0 saturated heterocycles. The molecule has 0 fully saturated rings. The third-order valence-corrected chi connectivity index (χ3v) is 1.95. The zero-order valence-corrected chi connectivity index (χ0v) is 8.88. The first-order valence-corrected chi connectivity index (χ1v) is 4.89. The Morgan fingerprint density at radius 3 is 2.86 bits per heavy atom. The molecule has 1 atom stereocenters. The molecule has 80 valence electrons. The number of ether oxygens (including phenoxy) is 1. The van der Waals surface area contributed by atoms with Crippen molar-refractivity contribution >= 4 is 5.91 Å². The van der Waals surface area contributed by atoms with Crippen molar-refractivity contribution in [1.29, 1.82) is 5.26 Å². The highest BCUT2D eigenvalue weighted by Crippen LogP contribution is 1.98. The standard InChI is InChI=1S/C10H18N2O2/c1-3-9(6-7-11)12-10(13)5-4-8-14-2/h9H,3-6,8H2,1-2H3,(H,12,13). The van der Waals surface area contributed by atoms with Crippen LogP contribution >= 0.6 is 0 Å². The summed E-state index contributed by atoms with van der Waals surface area (Å²) < 4.78 is 4.84. The van der Waals surface area contributed by atoms with Crippen molar-refractivity contribution in [3.63, 3.8) is 0 Å². The number of methoxy groups -OCH3 is 1. The molecule has 0 aromatic heterocycles. The predicted octanol–water partition coefficient (Wildman–Crippen LogP) is 1.22. The Morgan fingerprint density at radius 1 is 1.64 bits per heavy atom. The summed E-state index contributed by atoms with van der Waals surface area (Å²) in [7, 11) is 1.61. The van der Waals surface area contributed by atoms with Crippen LogP contribution in [-0.4, -0.2) is 25.7 Å². The summed E-state index contributed by atoms with van der Waals surface area (Å²) in [5.41, 5.74) is 0. The number of hydrogen-bond donors (Lipinski definition) is 1. The van der Waals surface area contributed by atoms with Gasteiger partial charge in [-0.3, -0.25) is 4.79 Å². The van der Waals surface area contributed by atoms with Gasteiger partial charge in [-0.2, -0.15) is 5.26 Å². The molecular formula is C10H18N2O2. The smallest absolute Gasteiger partial charge is 0.220 e. The molecule has 0 saturated carbocycles. The highest BCUT2D eigenvalue weighted by atomic mass is 16.5. The molecule has 0 heterocycles. The fourth-order valence-corrected chi connectivity index (χ4v) is 1.08. The van der Waals surface area contributed by atoms with Gasteiger partial charge >= 0.3 is 0 Å². The Balaban J connectivity index is 3.63. The molecule has 0 aliphatic heterocycles. The zero-order chi connectivity index (χ0) is 10.8. The first kappa shape index (κ1) is 12.9. The van der Waals surface area contributed by atoms with E-state index >= 15 is 0 Å². The van der Waals surface area contributed by atoms with E-state index in [0.29, 0.717) is 19.4 Å². The Kier molecular flexibility index (Phi) is 7.86. The van der Waals surface area contributed by atoms with Crippen LogP contribution in [0.1, 0.15) is 32.6 Å². The van der Waals surface area contributed by atoms with Crippen molar-refractivity contribution in [1.82, 2.24) is 5.32 Å². The molecule has 1 unspecified atom stereocenters. The molecule has 0 aliphatic carbocycles. The Bertz CT molecular complexity index is 199. The van der Waals surface area contributed by atoms with Gasteiger partial charge in [-0.1, -0.05) is 6.92 Å². The minimum Gasteiger partial charge on any atom is -0.385 e. The van der Waals surface area contributed by atoms with Crippen LogP contribution in [0.2, 0.25) is 0 Å². The van der Waals surface area contributed by atoms with Gasteiger partial charge in [-0.15, -0.1) is 0 Å². The molecule has 1 amide bonds. The van der Waals surface area contributed by atoms with Crippen molar-refractivity contribution in [2.24, 2.45) is 0 Å². The third-order valence-electron chi connectivity index (χ3n) is 1.95. The molecule has 4 nitrogen and oxygen atoms in total. The van der Waals surface area contributed by atoms with E-state index in [2.05, 4.69) is 11.4 Å². The predicted molar refractivity (Wildman–Crippen MR) is 53.6 cm³/mol. The monoisotopic (exact) mass is 198 g/mol. The lowest BCUT2D eigenvalue weighted by Crippen LogP contribution is -2.34. The van der Waals surface area contributed by atoms with Gasteiger partial charge in [-0.25, -0.2) is 0 Å². The number of nitriles is 1. The zero-order valence-electron chi connectivity index (χ0n) is 8.88. The van der Waals surface area contributed by atoms with Crippen molar-refractivity contribution in [3.8, 4) is 6.07 Å². The number of rotatable bonds is 7. The second-order valence-corrected chi connectivity index (χ2v) is 3.13. The van der Waals surface area contributed by atoms with Crippen LogP contribution in [0.15, 0.2) is 0 Å². The summed E-state index contributed by atoms with van der Waals surface area (Å²) in [6, 6.07) is 2.05. The van der Waals surface area contributed by atoms with Gasteiger partial charge in [0.1, 0.15) is 0 Å². The normalized spacial score (nSPS) is 11.8. The number of hydrogen-bond acceptors (Lipinski definition) is 3. The van der Waals surface area contributed by atoms with Gasteiger partial charge in [0, 0.05) is 26.2 Å². The molecule has 0 bridgehead atoms. The molecule has 0 radical (unpaired) electrons. The summed E-state index contributed by atoms with van der Waals surface area (Å²) in [6.07, 6.45) is 2.37. The van der Waals surface area contributed by atoms with Crippen LogP contribution in [0.4, 0.5) is 0 Å². The highest BCUT2D eigenvalue weighted by molar-refractivity contribution is 5.76. The van der Waals surface area contributed by atoms with Crippen molar-refractivity contribution in [3.05, 3.63) is 0 Å². The largest absolute Gasteiger partial charge is 0.385 e. The summed E-state index contributed by atoms with van der Waals surface area (Å²) in [4.78, 5) is 11.3. The maximum Gasteiger partial charge on any atom is 0.220 e. The lowest BCUT2D eigenvalue weighted by molar-refractivity contribution is -0.122. The number of nitrogens with zero attached hydrogens (tertiary/aromatic N) is 1. The molecule has 0 aromatic carbocycles. The molecule has 1 N–H and O–H groups in total. The fraction of sp³-hybridized carbons (Fsp3) is 0.800. The van der Waals surface area contributed by atoms with E-state index in [-0.39, 0.29) is 11.9 Å². The van der Waals surface area contributed by atoms with Crippen LogP contribution < -0.4 is 5.32 Å². The molecule has 0 aliphatic rings. The lowest BCUT2D eigenvalue weighted by atomic mass is 10.1. The summed E-state index contributed by atoms with van der Waals surface area (Å²) in [5.74, 6) is 0.00384. The van der Waals surface area contributed by atoms with Crippen LogP contribution in [-0.2, 0) is 9.53 Å². The maximum atomic E-state index is 11.3. The number of carbonyl (C=O) groups excluding carboxylic acids is 1.